The maximum Gasteiger partial charge on any atom is 0.253 e. The van der Waals surface area contributed by atoms with E-state index < -0.39 is 0 Å². The van der Waals surface area contributed by atoms with Gasteiger partial charge >= 0.3 is 0 Å². The Hall–Kier alpha value is -3.22. The Labute approximate surface area is 169 Å². The fourth-order valence-electron chi connectivity index (χ4n) is 3.19. The molecule has 0 bridgehead atoms. The Balaban J connectivity index is 1.48. The molecule has 1 saturated heterocycles. The lowest BCUT2D eigenvalue weighted by atomic mass is 10.1. The molecule has 0 saturated carbocycles. The minimum atomic E-state index is -0.389. The van der Waals surface area contributed by atoms with Gasteiger partial charge in [0, 0.05) is 37.3 Å². The third-order valence-corrected chi connectivity index (χ3v) is 5.18. The first kappa shape index (κ1) is 20.5. The third-order valence-electron chi connectivity index (χ3n) is 5.18. The van der Waals surface area contributed by atoms with Crippen molar-refractivity contribution in [2.75, 3.05) is 32.7 Å². The lowest BCUT2D eigenvalue weighted by Gasteiger charge is -2.34. The van der Waals surface area contributed by atoms with Crippen LogP contribution in [0.4, 0.5) is 4.39 Å². The van der Waals surface area contributed by atoms with Gasteiger partial charge in [-0.1, -0.05) is 6.07 Å². The van der Waals surface area contributed by atoms with Gasteiger partial charge in [-0.3, -0.25) is 14.4 Å². The summed E-state index contributed by atoms with van der Waals surface area (Å²) < 4.78 is 13.0. The standard InChI is InChI=1S/C22H24FN3O3/c1-15-3-4-18(13-16(15)2)21(28)24-14-20(27)25-9-11-26(12-10-25)22(29)17-5-7-19(23)8-6-17/h3-8,13H,9-12,14H2,1-2H3,(H,24,28). The van der Waals surface area contributed by atoms with Crippen molar-refractivity contribution in [2.24, 2.45) is 0 Å². The quantitative estimate of drug-likeness (QED) is 0.860. The highest BCUT2D eigenvalue weighted by Crippen LogP contribution is 2.11. The van der Waals surface area contributed by atoms with Crippen LogP contribution in [0.3, 0.4) is 0 Å². The molecule has 0 spiro atoms. The van der Waals surface area contributed by atoms with Crippen LogP contribution in [0.15, 0.2) is 42.5 Å². The van der Waals surface area contributed by atoms with Crippen LogP contribution in [-0.4, -0.2) is 60.2 Å². The summed E-state index contributed by atoms with van der Waals surface area (Å²) in [6, 6.07) is 10.8. The van der Waals surface area contributed by atoms with Crippen LogP contribution in [0.2, 0.25) is 0 Å². The lowest BCUT2D eigenvalue weighted by molar-refractivity contribution is -0.131. The molecule has 1 aliphatic heterocycles. The molecule has 2 aromatic carbocycles. The summed E-state index contributed by atoms with van der Waals surface area (Å²) in [6.45, 7) is 5.40. The molecule has 2 aromatic rings. The molecule has 152 valence electrons. The Morgan fingerprint density at radius 2 is 1.45 bits per heavy atom. The van der Waals surface area contributed by atoms with Gasteiger partial charge in [0.25, 0.3) is 11.8 Å². The summed E-state index contributed by atoms with van der Waals surface area (Å²) in [7, 11) is 0. The first-order valence-corrected chi connectivity index (χ1v) is 9.53. The smallest absolute Gasteiger partial charge is 0.253 e. The SMILES string of the molecule is Cc1ccc(C(=O)NCC(=O)N2CCN(C(=O)c3ccc(F)cc3)CC2)cc1C. The number of carbonyl (C=O) groups is 3. The van der Waals surface area contributed by atoms with Gasteiger partial charge in [0.05, 0.1) is 6.54 Å². The largest absolute Gasteiger partial charge is 0.343 e. The van der Waals surface area contributed by atoms with E-state index in [0.717, 1.165) is 11.1 Å². The average Bonchev–Trinajstić information content (AvgIpc) is 2.74. The number of nitrogens with zero attached hydrogens (tertiary/aromatic N) is 2. The number of aryl methyl sites for hydroxylation is 2. The molecule has 1 aliphatic rings. The highest BCUT2D eigenvalue weighted by atomic mass is 19.1. The van der Waals surface area contributed by atoms with Crippen molar-refractivity contribution in [3.05, 3.63) is 70.5 Å². The number of nitrogens with one attached hydrogen (secondary N) is 1. The number of carbonyl (C=O) groups excluding carboxylic acids is 3. The maximum atomic E-state index is 13.0. The van der Waals surface area contributed by atoms with Gasteiger partial charge in [0.15, 0.2) is 0 Å². The van der Waals surface area contributed by atoms with E-state index in [-0.39, 0.29) is 30.1 Å². The molecule has 1 heterocycles. The third kappa shape index (κ3) is 4.99. The fraction of sp³-hybridized carbons (Fsp3) is 0.318. The predicted octanol–water partition coefficient (Wildman–Crippen LogP) is 2.16. The molecule has 7 heteroatoms. The van der Waals surface area contributed by atoms with E-state index in [0.29, 0.717) is 37.3 Å². The van der Waals surface area contributed by atoms with Gasteiger partial charge < -0.3 is 15.1 Å². The number of benzene rings is 2. The van der Waals surface area contributed by atoms with Crippen molar-refractivity contribution in [1.82, 2.24) is 15.1 Å². The molecule has 0 atom stereocenters. The van der Waals surface area contributed by atoms with E-state index in [9.17, 15) is 18.8 Å². The molecular weight excluding hydrogens is 373 g/mol. The zero-order chi connectivity index (χ0) is 21.0. The van der Waals surface area contributed by atoms with E-state index in [1.165, 1.54) is 24.3 Å². The molecular formula is C22H24FN3O3. The van der Waals surface area contributed by atoms with Crippen LogP contribution >= 0.6 is 0 Å². The summed E-state index contributed by atoms with van der Waals surface area (Å²) in [6.07, 6.45) is 0. The number of amides is 3. The van der Waals surface area contributed by atoms with E-state index in [4.69, 9.17) is 0 Å². The lowest BCUT2D eigenvalue weighted by Crippen LogP contribution is -2.52. The zero-order valence-electron chi connectivity index (χ0n) is 16.6. The molecule has 0 radical (unpaired) electrons. The summed E-state index contributed by atoms with van der Waals surface area (Å²) >= 11 is 0. The number of hydrogen-bond donors (Lipinski definition) is 1. The fourth-order valence-corrected chi connectivity index (χ4v) is 3.19. The predicted molar refractivity (Wildman–Crippen MR) is 107 cm³/mol. The minimum Gasteiger partial charge on any atom is -0.343 e. The summed E-state index contributed by atoms with van der Waals surface area (Å²) in [5.74, 6) is -1.04. The topological polar surface area (TPSA) is 69.7 Å². The van der Waals surface area contributed by atoms with Gasteiger partial charge in [-0.05, 0) is 61.4 Å². The van der Waals surface area contributed by atoms with E-state index in [2.05, 4.69) is 5.32 Å². The van der Waals surface area contributed by atoms with Crippen molar-refractivity contribution in [2.45, 2.75) is 13.8 Å². The van der Waals surface area contributed by atoms with E-state index >= 15 is 0 Å². The van der Waals surface area contributed by atoms with Crippen LogP contribution < -0.4 is 5.32 Å². The van der Waals surface area contributed by atoms with Crippen LogP contribution in [0.5, 0.6) is 0 Å². The molecule has 6 nitrogen and oxygen atoms in total. The number of halogens is 1. The van der Waals surface area contributed by atoms with Gasteiger partial charge in [0.2, 0.25) is 5.91 Å². The first-order valence-electron chi connectivity index (χ1n) is 9.53. The molecule has 0 aromatic heterocycles. The van der Waals surface area contributed by atoms with Gasteiger partial charge in [-0.25, -0.2) is 4.39 Å². The van der Waals surface area contributed by atoms with Crippen LogP contribution in [0, 0.1) is 19.7 Å². The van der Waals surface area contributed by atoms with Crippen molar-refractivity contribution in [3.63, 3.8) is 0 Å². The molecule has 3 amide bonds. The number of hydrogen-bond acceptors (Lipinski definition) is 3. The van der Waals surface area contributed by atoms with Crippen LogP contribution in [0.25, 0.3) is 0 Å². The van der Waals surface area contributed by atoms with Gasteiger partial charge in [-0.2, -0.15) is 0 Å². The Bertz CT molecular complexity index is 919. The highest BCUT2D eigenvalue weighted by molar-refractivity contribution is 5.97. The number of piperazine rings is 1. The molecule has 0 unspecified atom stereocenters. The Morgan fingerprint density at radius 3 is 2.07 bits per heavy atom. The summed E-state index contributed by atoms with van der Waals surface area (Å²) in [4.78, 5) is 40.4. The Kier molecular flexibility index (Phi) is 6.26. The Morgan fingerprint density at radius 1 is 0.862 bits per heavy atom. The van der Waals surface area contributed by atoms with Crippen LogP contribution in [0.1, 0.15) is 31.8 Å². The molecule has 1 fully saturated rings. The maximum absolute atomic E-state index is 13.0. The number of rotatable bonds is 4. The van der Waals surface area contributed by atoms with Crippen molar-refractivity contribution < 1.29 is 18.8 Å². The summed E-state index contributed by atoms with van der Waals surface area (Å²) in [5.41, 5.74) is 3.07. The zero-order valence-corrected chi connectivity index (χ0v) is 16.6. The first-order chi connectivity index (χ1) is 13.8. The normalized spacial score (nSPS) is 13.9. The van der Waals surface area contributed by atoms with Crippen molar-refractivity contribution in [3.8, 4) is 0 Å². The average molecular weight is 397 g/mol. The van der Waals surface area contributed by atoms with E-state index in [1.54, 1.807) is 21.9 Å². The van der Waals surface area contributed by atoms with Gasteiger partial charge in [0.1, 0.15) is 5.82 Å². The van der Waals surface area contributed by atoms with Crippen molar-refractivity contribution >= 4 is 17.7 Å². The molecule has 3 rings (SSSR count). The molecule has 29 heavy (non-hydrogen) atoms. The van der Waals surface area contributed by atoms with Crippen molar-refractivity contribution in [1.29, 1.82) is 0 Å². The summed E-state index contributed by atoms with van der Waals surface area (Å²) in [5, 5.41) is 2.66. The molecule has 0 aliphatic carbocycles. The van der Waals surface area contributed by atoms with Crippen LogP contribution in [-0.2, 0) is 4.79 Å². The second-order valence-electron chi connectivity index (χ2n) is 7.16. The minimum absolute atomic E-state index is 0.0856. The monoisotopic (exact) mass is 397 g/mol. The molecule has 1 N–H and O–H groups in total. The second kappa shape index (κ2) is 8.86. The van der Waals surface area contributed by atoms with E-state index in [1.807, 2.05) is 19.9 Å². The highest BCUT2D eigenvalue weighted by Gasteiger charge is 2.25. The van der Waals surface area contributed by atoms with Gasteiger partial charge in [-0.15, -0.1) is 0 Å². The second-order valence-corrected chi connectivity index (χ2v) is 7.16.